The van der Waals surface area contributed by atoms with Crippen molar-refractivity contribution in [2.75, 3.05) is 13.6 Å². The van der Waals surface area contributed by atoms with Gasteiger partial charge in [0.1, 0.15) is 5.82 Å². The van der Waals surface area contributed by atoms with E-state index < -0.39 is 22.0 Å². The average molecular weight is 322 g/mol. The van der Waals surface area contributed by atoms with E-state index in [-0.39, 0.29) is 18.0 Å². The molecule has 0 aliphatic heterocycles. The first-order valence-corrected chi connectivity index (χ1v) is 7.40. The molecule has 0 aromatic heterocycles. The van der Waals surface area contributed by atoms with E-state index in [4.69, 9.17) is 0 Å². The van der Waals surface area contributed by atoms with Gasteiger partial charge < -0.3 is 10.0 Å². The highest BCUT2D eigenvalue weighted by atomic mass is 19.1. The fourth-order valence-electron chi connectivity index (χ4n) is 2.81. The smallest absolute Gasteiger partial charge is 0.279 e. The van der Waals surface area contributed by atoms with Crippen molar-refractivity contribution in [1.29, 1.82) is 0 Å². The van der Waals surface area contributed by atoms with Gasteiger partial charge in [0.05, 0.1) is 22.2 Å². The van der Waals surface area contributed by atoms with Crippen molar-refractivity contribution in [3.63, 3.8) is 0 Å². The molecule has 0 radical (unpaired) electrons. The van der Waals surface area contributed by atoms with Crippen molar-refractivity contribution in [3.05, 3.63) is 45.8 Å². The number of aliphatic hydroxyl groups is 1. The molecule has 1 fully saturated rings. The molecule has 1 aromatic rings. The Morgan fingerprint density at radius 3 is 2.74 bits per heavy atom. The maximum atomic E-state index is 13.1. The molecule has 0 bridgehead atoms. The van der Waals surface area contributed by atoms with Gasteiger partial charge in [-0.2, -0.15) is 0 Å². The molecule has 0 heterocycles. The minimum atomic E-state index is -0.847. The molecule has 1 aliphatic carbocycles. The van der Waals surface area contributed by atoms with Crippen LogP contribution in [0.5, 0.6) is 0 Å². The number of likely N-dealkylation sites (N-methyl/N-ethyl adjacent to an activating group) is 1. The highest BCUT2D eigenvalue weighted by Gasteiger charge is 2.33. The van der Waals surface area contributed by atoms with E-state index in [0.29, 0.717) is 12.8 Å². The van der Waals surface area contributed by atoms with E-state index in [2.05, 4.69) is 0 Å². The van der Waals surface area contributed by atoms with Crippen LogP contribution < -0.4 is 0 Å². The maximum Gasteiger partial charge on any atom is 0.279 e. The first kappa shape index (κ1) is 17.1. The Hall–Kier alpha value is -2.28. The predicted octanol–water partition coefficient (Wildman–Crippen LogP) is 2.51. The highest BCUT2D eigenvalue weighted by molar-refractivity contribution is 5.92. The van der Waals surface area contributed by atoms with Gasteiger partial charge in [-0.3, -0.25) is 14.9 Å². The summed E-state index contributed by atoms with van der Waals surface area (Å²) in [6, 6.07) is 3.17. The Balaban J connectivity index is 2.07. The third-order valence-corrected chi connectivity index (χ3v) is 4.04. The van der Waals surface area contributed by atoms with Crippen LogP contribution in [0.3, 0.4) is 0 Å². The summed E-state index contributed by atoms with van der Waals surface area (Å²) in [5.74, 6) is -1.08. The Labute approximate surface area is 133 Å². The van der Waals surface area contributed by atoms with Crippen LogP contribution in [0.15, 0.2) is 24.3 Å². The SMILES string of the molecule is CN(CC1(O)CCCC1)C(=O)/C=C/c1ccc(F)cc1[N+](=O)[O-]. The third-order valence-electron chi connectivity index (χ3n) is 4.04. The molecule has 1 N–H and O–H groups in total. The van der Waals surface area contributed by atoms with E-state index in [9.17, 15) is 24.4 Å². The zero-order chi connectivity index (χ0) is 17.0. The van der Waals surface area contributed by atoms with Gasteiger partial charge in [0.15, 0.2) is 0 Å². The summed E-state index contributed by atoms with van der Waals surface area (Å²) in [5.41, 5.74) is -1.09. The second kappa shape index (κ2) is 6.87. The number of rotatable bonds is 5. The van der Waals surface area contributed by atoms with Gasteiger partial charge in [0, 0.05) is 19.7 Å². The van der Waals surface area contributed by atoms with Gasteiger partial charge in [-0.05, 0) is 31.1 Å². The molecule has 7 heteroatoms. The summed E-state index contributed by atoms with van der Waals surface area (Å²) in [7, 11) is 1.57. The van der Waals surface area contributed by atoms with E-state index in [1.54, 1.807) is 7.05 Å². The van der Waals surface area contributed by atoms with Crippen LogP contribution in [0.2, 0.25) is 0 Å². The standard InChI is InChI=1S/C16H19FN2O4/c1-18(11-16(21)8-2-3-9-16)15(20)7-5-12-4-6-13(17)10-14(12)19(22)23/h4-7,10,21H,2-3,8-9,11H2,1H3/b7-5+. The second-order valence-electron chi connectivity index (χ2n) is 5.92. The van der Waals surface area contributed by atoms with E-state index in [1.165, 1.54) is 23.1 Å². The van der Waals surface area contributed by atoms with Gasteiger partial charge in [-0.15, -0.1) is 0 Å². The molecular formula is C16H19FN2O4. The van der Waals surface area contributed by atoms with E-state index in [1.807, 2.05) is 0 Å². The number of amides is 1. The molecular weight excluding hydrogens is 303 g/mol. The molecule has 124 valence electrons. The quantitative estimate of drug-likeness (QED) is 0.513. The van der Waals surface area contributed by atoms with Crippen molar-refractivity contribution < 1.29 is 19.2 Å². The van der Waals surface area contributed by atoms with Crippen LogP contribution in [-0.4, -0.2) is 40.0 Å². The number of hydrogen-bond donors (Lipinski definition) is 1. The Bertz CT molecular complexity index is 639. The molecule has 0 unspecified atom stereocenters. The molecule has 1 aromatic carbocycles. The van der Waals surface area contributed by atoms with Gasteiger partial charge in [-0.25, -0.2) is 4.39 Å². The molecule has 0 saturated heterocycles. The Morgan fingerprint density at radius 2 is 2.13 bits per heavy atom. The largest absolute Gasteiger partial charge is 0.388 e. The van der Waals surface area contributed by atoms with Gasteiger partial charge in [0.2, 0.25) is 5.91 Å². The lowest BCUT2D eigenvalue weighted by Crippen LogP contribution is -2.41. The number of hydrogen-bond acceptors (Lipinski definition) is 4. The lowest BCUT2D eigenvalue weighted by atomic mass is 10.0. The molecule has 23 heavy (non-hydrogen) atoms. The zero-order valence-corrected chi connectivity index (χ0v) is 12.9. The topological polar surface area (TPSA) is 83.7 Å². The van der Waals surface area contributed by atoms with Crippen LogP contribution >= 0.6 is 0 Å². The molecule has 0 atom stereocenters. The summed E-state index contributed by atoms with van der Waals surface area (Å²) in [4.78, 5) is 23.7. The lowest BCUT2D eigenvalue weighted by molar-refractivity contribution is -0.385. The summed E-state index contributed by atoms with van der Waals surface area (Å²) in [5, 5.41) is 21.2. The number of nitro groups is 1. The number of carbonyl (C=O) groups is 1. The number of nitro benzene ring substituents is 1. The van der Waals surface area contributed by atoms with Crippen LogP contribution in [-0.2, 0) is 4.79 Å². The number of carbonyl (C=O) groups excluding carboxylic acids is 1. The highest BCUT2D eigenvalue weighted by Crippen LogP contribution is 2.30. The fourth-order valence-corrected chi connectivity index (χ4v) is 2.81. The van der Waals surface area contributed by atoms with E-state index in [0.717, 1.165) is 25.0 Å². The number of benzene rings is 1. The van der Waals surface area contributed by atoms with E-state index >= 15 is 0 Å². The van der Waals surface area contributed by atoms with Crippen LogP contribution in [0, 0.1) is 15.9 Å². The first-order chi connectivity index (χ1) is 10.8. The monoisotopic (exact) mass is 322 g/mol. The Kier molecular flexibility index (Phi) is 5.10. The second-order valence-corrected chi connectivity index (χ2v) is 5.92. The van der Waals surface area contributed by atoms with Crippen molar-refractivity contribution >= 4 is 17.7 Å². The van der Waals surface area contributed by atoms with Gasteiger partial charge in [0.25, 0.3) is 5.69 Å². The predicted molar refractivity (Wildman–Crippen MR) is 83.1 cm³/mol. The van der Waals surface area contributed by atoms with Crippen molar-refractivity contribution in [2.24, 2.45) is 0 Å². The summed E-state index contributed by atoms with van der Waals surface area (Å²) in [6.45, 7) is 0.224. The Morgan fingerprint density at radius 1 is 1.48 bits per heavy atom. The lowest BCUT2D eigenvalue weighted by Gasteiger charge is -2.27. The van der Waals surface area contributed by atoms with Crippen LogP contribution in [0.4, 0.5) is 10.1 Å². The summed E-state index contributed by atoms with van der Waals surface area (Å²) < 4.78 is 13.1. The van der Waals surface area contributed by atoms with Crippen molar-refractivity contribution in [1.82, 2.24) is 4.90 Å². The van der Waals surface area contributed by atoms with Gasteiger partial charge >= 0.3 is 0 Å². The third kappa shape index (κ3) is 4.35. The molecule has 6 nitrogen and oxygen atoms in total. The summed E-state index contributed by atoms with van der Waals surface area (Å²) >= 11 is 0. The molecule has 1 saturated carbocycles. The number of halogens is 1. The first-order valence-electron chi connectivity index (χ1n) is 7.40. The number of nitrogens with zero attached hydrogens (tertiary/aromatic N) is 2. The molecule has 2 rings (SSSR count). The maximum absolute atomic E-state index is 13.1. The van der Waals surface area contributed by atoms with Crippen molar-refractivity contribution in [3.8, 4) is 0 Å². The average Bonchev–Trinajstić information content (AvgIpc) is 2.91. The zero-order valence-electron chi connectivity index (χ0n) is 12.9. The van der Waals surface area contributed by atoms with Gasteiger partial charge in [-0.1, -0.05) is 12.8 Å². The molecule has 1 aliphatic rings. The van der Waals surface area contributed by atoms with Crippen molar-refractivity contribution in [2.45, 2.75) is 31.3 Å². The van der Waals surface area contributed by atoms with Crippen LogP contribution in [0.1, 0.15) is 31.2 Å². The summed E-state index contributed by atoms with van der Waals surface area (Å²) in [6.07, 6.45) is 5.69. The fraction of sp³-hybridized carbons (Fsp3) is 0.438. The minimum absolute atomic E-state index is 0.151. The molecule has 0 spiro atoms. The molecule has 1 amide bonds. The van der Waals surface area contributed by atoms with Crippen LogP contribution in [0.25, 0.3) is 6.08 Å². The normalized spacial score (nSPS) is 16.7. The minimum Gasteiger partial charge on any atom is -0.388 e.